The van der Waals surface area contributed by atoms with Crippen LogP contribution in [-0.2, 0) is 32.4 Å². The first-order valence-electron chi connectivity index (χ1n) is 13.4. The van der Waals surface area contributed by atoms with Gasteiger partial charge in [-0.15, -0.1) is 0 Å². The molecule has 2 heterocycles. The van der Waals surface area contributed by atoms with Gasteiger partial charge in [-0.1, -0.05) is 12.1 Å². The standard InChI is InChI=1S/C31H34O8S/c1-20-13-25(36-10-4-12-40(3,33)34)15-22-9-11-37-28-8-5-21(14-27(28)31(20)22)18-38-24-6-7-26-23(16-30(32)35-2)19-39-29(26)17-24/h5-8,13-15,17,23H,4,9-12,16,18-19H2,1-3H3/t23-/m1/s1. The maximum absolute atomic E-state index is 11.7. The summed E-state index contributed by atoms with van der Waals surface area (Å²) in [7, 11) is -1.61. The number of carbonyl (C=O) groups is 1. The predicted octanol–water partition coefficient (Wildman–Crippen LogP) is 5.03. The van der Waals surface area contributed by atoms with Crippen LogP contribution in [0.3, 0.4) is 0 Å². The first-order chi connectivity index (χ1) is 19.2. The van der Waals surface area contributed by atoms with Crippen molar-refractivity contribution < 1.29 is 36.9 Å². The third kappa shape index (κ3) is 6.53. The van der Waals surface area contributed by atoms with Crippen molar-refractivity contribution in [2.24, 2.45) is 0 Å². The molecule has 0 unspecified atom stereocenters. The third-order valence-electron chi connectivity index (χ3n) is 7.17. The molecule has 0 aliphatic carbocycles. The molecule has 0 radical (unpaired) electrons. The van der Waals surface area contributed by atoms with Crippen LogP contribution in [0.1, 0.15) is 41.0 Å². The van der Waals surface area contributed by atoms with Gasteiger partial charge in [0, 0.05) is 35.8 Å². The van der Waals surface area contributed by atoms with E-state index in [2.05, 4.69) is 13.0 Å². The Balaban J connectivity index is 1.29. The van der Waals surface area contributed by atoms with E-state index in [4.69, 9.17) is 23.7 Å². The molecule has 0 saturated carbocycles. The van der Waals surface area contributed by atoms with E-state index < -0.39 is 9.84 Å². The summed E-state index contributed by atoms with van der Waals surface area (Å²) in [6.07, 6.45) is 2.72. The van der Waals surface area contributed by atoms with E-state index in [1.807, 2.05) is 42.5 Å². The summed E-state index contributed by atoms with van der Waals surface area (Å²) in [6.45, 7) is 3.77. The Labute approximate surface area is 235 Å². The fourth-order valence-electron chi connectivity index (χ4n) is 5.23. The minimum absolute atomic E-state index is 0.0113. The molecular weight excluding hydrogens is 532 g/mol. The lowest BCUT2D eigenvalue weighted by atomic mass is 9.92. The first kappa shape index (κ1) is 27.8. The zero-order valence-electron chi connectivity index (χ0n) is 23.0. The van der Waals surface area contributed by atoms with Gasteiger partial charge in [-0.25, -0.2) is 8.42 Å². The van der Waals surface area contributed by atoms with E-state index in [1.165, 1.54) is 13.4 Å². The fourth-order valence-corrected chi connectivity index (χ4v) is 5.87. The number of rotatable bonds is 10. The maximum Gasteiger partial charge on any atom is 0.306 e. The molecule has 8 nitrogen and oxygen atoms in total. The molecule has 3 aromatic carbocycles. The Kier molecular flexibility index (Phi) is 8.21. The lowest BCUT2D eigenvalue weighted by Crippen LogP contribution is -2.09. The van der Waals surface area contributed by atoms with E-state index in [0.717, 1.165) is 57.1 Å². The number of fused-ring (bicyclic) bond motifs is 4. The lowest BCUT2D eigenvalue weighted by Gasteiger charge is -2.16. The Morgan fingerprint density at radius 3 is 2.65 bits per heavy atom. The summed E-state index contributed by atoms with van der Waals surface area (Å²) in [5, 5.41) is 0. The number of aryl methyl sites for hydroxylation is 1. The van der Waals surface area contributed by atoms with Crippen LogP contribution in [0.4, 0.5) is 0 Å². The van der Waals surface area contributed by atoms with Gasteiger partial charge in [0.2, 0.25) is 0 Å². The minimum atomic E-state index is -3.00. The quantitative estimate of drug-likeness (QED) is 0.249. The van der Waals surface area contributed by atoms with Gasteiger partial charge >= 0.3 is 5.97 Å². The predicted molar refractivity (Wildman–Crippen MR) is 151 cm³/mol. The normalized spacial score (nSPS) is 15.5. The van der Waals surface area contributed by atoms with Gasteiger partial charge in [0.25, 0.3) is 0 Å². The SMILES string of the molecule is COC(=O)C[C@@H]1COc2cc(OCc3ccc4c(c3)-c3c(C)cc(OCCCS(C)(=O)=O)cc3CCO4)ccc21. The zero-order valence-corrected chi connectivity index (χ0v) is 23.8. The summed E-state index contributed by atoms with van der Waals surface area (Å²) in [4.78, 5) is 11.7. The zero-order chi connectivity index (χ0) is 28.3. The average Bonchev–Trinajstić information content (AvgIpc) is 3.21. The highest BCUT2D eigenvalue weighted by Crippen LogP contribution is 2.41. The number of esters is 1. The molecule has 2 aliphatic rings. The second-order valence-electron chi connectivity index (χ2n) is 10.3. The fraction of sp³-hybridized carbons (Fsp3) is 0.387. The molecule has 0 spiro atoms. The van der Waals surface area contributed by atoms with Crippen LogP contribution < -0.4 is 18.9 Å². The third-order valence-corrected chi connectivity index (χ3v) is 8.20. The number of ether oxygens (including phenoxy) is 5. The van der Waals surface area contributed by atoms with Gasteiger partial charge in [0.05, 0.1) is 39.1 Å². The molecule has 0 aromatic heterocycles. The minimum Gasteiger partial charge on any atom is -0.494 e. The average molecular weight is 567 g/mol. The monoisotopic (exact) mass is 566 g/mol. The van der Waals surface area contributed by atoms with Crippen LogP contribution >= 0.6 is 0 Å². The molecule has 0 saturated heterocycles. The summed E-state index contributed by atoms with van der Waals surface area (Å²) < 4.78 is 51.5. The van der Waals surface area contributed by atoms with Crippen LogP contribution in [-0.4, -0.2) is 53.3 Å². The number of hydrogen-bond donors (Lipinski definition) is 0. The summed E-state index contributed by atoms with van der Waals surface area (Å²) in [6, 6.07) is 15.9. The Morgan fingerprint density at radius 2 is 1.85 bits per heavy atom. The van der Waals surface area contributed by atoms with Crippen molar-refractivity contribution in [1.82, 2.24) is 0 Å². The van der Waals surface area contributed by atoms with Crippen molar-refractivity contribution in [3.63, 3.8) is 0 Å². The molecule has 3 aromatic rings. The molecule has 1 atom stereocenters. The van der Waals surface area contributed by atoms with Gasteiger partial charge in [-0.05, 0) is 65.9 Å². The maximum atomic E-state index is 11.7. The topological polar surface area (TPSA) is 97.4 Å². The van der Waals surface area contributed by atoms with Crippen molar-refractivity contribution in [1.29, 1.82) is 0 Å². The largest absolute Gasteiger partial charge is 0.494 e. The number of methoxy groups -OCH3 is 1. The van der Waals surface area contributed by atoms with Crippen LogP contribution in [0, 0.1) is 6.92 Å². The van der Waals surface area contributed by atoms with Crippen molar-refractivity contribution in [3.05, 3.63) is 70.8 Å². The van der Waals surface area contributed by atoms with E-state index >= 15 is 0 Å². The summed E-state index contributed by atoms with van der Waals surface area (Å²) in [5.74, 6) is 2.84. The highest BCUT2D eigenvalue weighted by Gasteiger charge is 2.27. The van der Waals surface area contributed by atoms with E-state index in [0.29, 0.717) is 45.0 Å². The van der Waals surface area contributed by atoms with Crippen molar-refractivity contribution in [2.75, 3.05) is 38.9 Å². The molecule has 0 N–H and O–H groups in total. The van der Waals surface area contributed by atoms with Crippen LogP contribution in [0.25, 0.3) is 11.1 Å². The highest BCUT2D eigenvalue weighted by atomic mass is 32.2. The number of sulfone groups is 1. The van der Waals surface area contributed by atoms with Gasteiger partial charge in [-0.3, -0.25) is 4.79 Å². The second kappa shape index (κ2) is 11.8. The summed E-state index contributed by atoms with van der Waals surface area (Å²) >= 11 is 0. The van der Waals surface area contributed by atoms with Crippen molar-refractivity contribution in [3.8, 4) is 34.1 Å². The Bertz CT molecular complexity index is 1510. The molecule has 0 bridgehead atoms. The van der Waals surface area contributed by atoms with Crippen molar-refractivity contribution >= 4 is 15.8 Å². The Morgan fingerprint density at radius 1 is 1.00 bits per heavy atom. The molecule has 9 heteroatoms. The molecule has 5 rings (SSSR count). The molecule has 212 valence electrons. The van der Waals surface area contributed by atoms with Crippen LogP contribution in [0.5, 0.6) is 23.0 Å². The number of benzene rings is 3. The number of carbonyl (C=O) groups excluding carboxylic acids is 1. The molecule has 2 aliphatic heterocycles. The smallest absolute Gasteiger partial charge is 0.306 e. The van der Waals surface area contributed by atoms with Gasteiger partial charge in [0.1, 0.15) is 39.4 Å². The van der Waals surface area contributed by atoms with Crippen LogP contribution in [0.2, 0.25) is 0 Å². The second-order valence-corrected chi connectivity index (χ2v) is 12.6. The molecule has 40 heavy (non-hydrogen) atoms. The first-order valence-corrected chi connectivity index (χ1v) is 15.4. The van der Waals surface area contributed by atoms with E-state index in [9.17, 15) is 13.2 Å². The van der Waals surface area contributed by atoms with Gasteiger partial charge in [0.15, 0.2) is 0 Å². The van der Waals surface area contributed by atoms with Gasteiger partial charge in [-0.2, -0.15) is 0 Å². The number of hydrogen-bond acceptors (Lipinski definition) is 8. The molecule has 0 amide bonds. The van der Waals surface area contributed by atoms with Crippen molar-refractivity contribution in [2.45, 2.75) is 38.7 Å². The molecular formula is C31H34O8S. The van der Waals surface area contributed by atoms with Crippen LogP contribution in [0.15, 0.2) is 48.5 Å². The van der Waals surface area contributed by atoms with E-state index in [-0.39, 0.29) is 17.6 Å². The Hall–Kier alpha value is -3.72. The molecule has 0 fully saturated rings. The van der Waals surface area contributed by atoms with E-state index in [1.54, 1.807) is 0 Å². The van der Waals surface area contributed by atoms with Gasteiger partial charge < -0.3 is 23.7 Å². The highest BCUT2D eigenvalue weighted by molar-refractivity contribution is 7.90. The lowest BCUT2D eigenvalue weighted by molar-refractivity contribution is -0.141. The summed E-state index contributed by atoms with van der Waals surface area (Å²) in [5.41, 5.74) is 6.33.